The summed E-state index contributed by atoms with van der Waals surface area (Å²) in [6, 6.07) is 10.5. The molecule has 0 heterocycles. The van der Waals surface area contributed by atoms with E-state index in [2.05, 4.69) is 0 Å². The molecule has 0 aliphatic heterocycles. The van der Waals surface area contributed by atoms with Crippen molar-refractivity contribution >= 4 is 7.69 Å². The van der Waals surface area contributed by atoms with Crippen LogP contribution >= 0.6 is 0 Å². The van der Waals surface area contributed by atoms with Gasteiger partial charge in [0.1, 0.15) is 0 Å². The van der Waals surface area contributed by atoms with Crippen molar-refractivity contribution < 1.29 is 10.0 Å². The zero-order valence-electron chi connectivity index (χ0n) is 6.68. The van der Waals surface area contributed by atoms with Gasteiger partial charge in [0.25, 0.3) is 0 Å². The van der Waals surface area contributed by atoms with Crippen LogP contribution in [0, 0.1) is 22.7 Å². The van der Waals surface area contributed by atoms with Crippen LogP contribution in [-0.2, 0) is 0 Å². The first kappa shape index (κ1) is 11.2. The molecule has 1 aromatic rings. The lowest BCUT2D eigenvalue weighted by molar-refractivity contribution is 0.448. The van der Waals surface area contributed by atoms with Crippen molar-refractivity contribution in [3.63, 3.8) is 0 Å². The maximum absolute atomic E-state index is 8.40. The van der Waals surface area contributed by atoms with Crippen molar-refractivity contribution in [2.24, 2.45) is 0 Å². The van der Waals surface area contributed by atoms with E-state index in [1.165, 1.54) is 0 Å². The normalized spacial score (nSPS) is 7.08. The molecule has 0 amide bonds. The standard InChI is InChI=1S/C8H4N2.BH2O2/c9-5-7-2-1-3-8(4-7)6-10;2-1-3/h1-4H;2-3H. The molecular formula is C8H6BN2O2. The Labute approximate surface area is 76.6 Å². The molecule has 1 rings (SSSR count). The van der Waals surface area contributed by atoms with Gasteiger partial charge in [0, 0.05) is 0 Å². The Hall–Kier alpha value is -1.82. The van der Waals surface area contributed by atoms with E-state index in [-0.39, 0.29) is 7.69 Å². The van der Waals surface area contributed by atoms with Gasteiger partial charge in [-0.3, -0.25) is 0 Å². The van der Waals surface area contributed by atoms with Gasteiger partial charge in [-0.15, -0.1) is 0 Å². The topological polar surface area (TPSA) is 88.0 Å². The third-order valence-corrected chi connectivity index (χ3v) is 1.12. The molecule has 4 nitrogen and oxygen atoms in total. The summed E-state index contributed by atoms with van der Waals surface area (Å²) in [6.07, 6.45) is 0. The maximum atomic E-state index is 8.40. The zero-order valence-corrected chi connectivity index (χ0v) is 6.68. The van der Waals surface area contributed by atoms with Gasteiger partial charge in [0.15, 0.2) is 0 Å². The Morgan fingerprint density at radius 2 is 1.46 bits per heavy atom. The minimum absolute atomic E-state index is 0. The van der Waals surface area contributed by atoms with Crippen LogP contribution in [0.25, 0.3) is 0 Å². The molecule has 0 aliphatic rings. The molecule has 0 saturated carbocycles. The van der Waals surface area contributed by atoms with Crippen LogP contribution in [0.3, 0.4) is 0 Å². The van der Waals surface area contributed by atoms with Crippen LogP contribution in [0.4, 0.5) is 0 Å². The number of benzene rings is 1. The largest absolute Gasteiger partial charge is 0.482 e. The lowest BCUT2D eigenvalue weighted by Gasteiger charge is -1.86. The van der Waals surface area contributed by atoms with Gasteiger partial charge in [-0.2, -0.15) is 10.5 Å². The summed E-state index contributed by atoms with van der Waals surface area (Å²) in [5, 5.41) is 30.8. The fourth-order valence-corrected chi connectivity index (χ4v) is 0.658. The van der Waals surface area contributed by atoms with Crippen molar-refractivity contribution in [3.8, 4) is 12.1 Å². The monoisotopic (exact) mass is 173 g/mol. The Morgan fingerprint density at radius 1 is 1.08 bits per heavy atom. The van der Waals surface area contributed by atoms with E-state index in [1.807, 2.05) is 12.1 Å². The summed E-state index contributed by atoms with van der Waals surface area (Å²) in [4.78, 5) is 0. The lowest BCUT2D eigenvalue weighted by atomic mass is 10.2. The van der Waals surface area contributed by atoms with Gasteiger partial charge >= 0.3 is 7.69 Å². The summed E-state index contributed by atoms with van der Waals surface area (Å²) >= 11 is 0. The molecular weight excluding hydrogens is 167 g/mol. The minimum Gasteiger partial charge on any atom is -0.429 e. The van der Waals surface area contributed by atoms with Gasteiger partial charge in [-0.1, -0.05) is 6.07 Å². The van der Waals surface area contributed by atoms with Crippen LogP contribution in [-0.4, -0.2) is 17.7 Å². The number of rotatable bonds is 0. The van der Waals surface area contributed by atoms with Crippen molar-refractivity contribution in [1.29, 1.82) is 10.5 Å². The van der Waals surface area contributed by atoms with E-state index in [1.54, 1.807) is 24.3 Å². The molecule has 0 bridgehead atoms. The quantitative estimate of drug-likeness (QED) is 0.537. The SMILES string of the molecule is N#Cc1cccc(C#N)c1.O[B]O. The molecule has 2 N–H and O–H groups in total. The van der Waals surface area contributed by atoms with Crippen molar-refractivity contribution in [3.05, 3.63) is 35.4 Å². The molecule has 0 saturated heterocycles. The Kier molecular flexibility index (Phi) is 5.91. The molecule has 0 aliphatic carbocycles. The van der Waals surface area contributed by atoms with E-state index in [9.17, 15) is 0 Å². The number of nitrogens with zero attached hydrogens (tertiary/aromatic N) is 2. The van der Waals surface area contributed by atoms with Gasteiger partial charge in [0.05, 0.1) is 23.3 Å². The predicted molar refractivity (Wildman–Crippen MR) is 46.1 cm³/mol. The van der Waals surface area contributed by atoms with E-state index in [0.717, 1.165) is 0 Å². The molecule has 5 heteroatoms. The van der Waals surface area contributed by atoms with E-state index >= 15 is 0 Å². The van der Waals surface area contributed by atoms with E-state index < -0.39 is 0 Å². The third-order valence-electron chi connectivity index (χ3n) is 1.12. The Morgan fingerprint density at radius 3 is 1.77 bits per heavy atom. The number of hydrogen-bond donors (Lipinski definition) is 2. The average Bonchev–Trinajstić information content (AvgIpc) is 2.19. The second-order valence-corrected chi connectivity index (χ2v) is 1.92. The highest BCUT2D eigenvalue weighted by Crippen LogP contribution is 2.01. The predicted octanol–water partition coefficient (Wildman–Crippen LogP) is -0.0648. The highest BCUT2D eigenvalue weighted by atomic mass is 16.4. The van der Waals surface area contributed by atoms with Crippen LogP contribution < -0.4 is 0 Å². The lowest BCUT2D eigenvalue weighted by Crippen LogP contribution is -1.75. The van der Waals surface area contributed by atoms with Crippen LogP contribution in [0.5, 0.6) is 0 Å². The minimum atomic E-state index is 0. The van der Waals surface area contributed by atoms with Crippen LogP contribution in [0.2, 0.25) is 0 Å². The summed E-state index contributed by atoms with van der Waals surface area (Å²) in [7, 11) is 0. The number of hydrogen-bond acceptors (Lipinski definition) is 4. The fraction of sp³-hybridized carbons (Fsp3) is 0. The zero-order chi connectivity index (χ0) is 10.1. The smallest absolute Gasteiger partial charge is 0.429 e. The Balaban J connectivity index is 0.000000424. The van der Waals surface area contributed by atoms with Crippen molar-refractivity contribution in [2.75, 3.05) is 0 Å². The second-order valence-electron chi connectivity index (χ2n) is 1.92. The third kappa shape index (κ3) is 4.60. The van der Waals surface area contributed by atoms with Crippen molar-refractivity contribution in [2.45, 2.75) is 0 Å². The first-order valence-corrected chi connectivity index (χ1v) is 3.28. The summed E-state index contributed by atoms with van der Waals surface area (Å²) in [5.74, 6) is 0. The van der Waals surface area contributed by atoms with Crippen molar-refractivity contribution in [1.82, 2.24) is 0 Å². The average molecular weight is 173 g/mol. The molecule has 0 aromatic heterocycles. The van der Waals surface area contributed by atoms with Gasteiger partial charge in [-0.25, -0.2) is 0 Å². The molecule has 0 atom stereocenters. The fourth-order valence-electron chi connectivity index (χ4n) is 0.658. The van der Waals surface area contributed by atoms with E-state index in [4.69, 9.17) is 20.6 Å². The molecule has 0 spiro atoms. The molecule has 1 aromatic carbocycles. The molecule has 63 valence electrons. The highest BCUT2D eigenvalue weighted by molar-refractivity contribution is 6.13. The highest BCUT2D eigenvalue weighted by Gasteiger charge is 1.90. The van der Waals surface area contributed by atoms with Gasteiger partial charge in [0.2, 0.25) is 0 Å². The first-order valence-electron chi connectivity index (χ1n) is 3.28. The van der Waals surface area contributed by atoms with Gasteiger partial charge in [-0.05, 0) is 18.2 Å². The van der Waals surface area contributed by atoms with Gasteiger partial charge < -0.3 is 10.0 Å². The molecule has 0 fully saturated rings. The maximum Gasteiger partial charge on any atom is 0.482 e. The van der Waals surface area contributed by atoms with Crippen LogP contribution in [0.15, 0.2) is 24.3 Å². The molecule has 13 heavy (non-hydrogen) atoms. The van der Waals surface area contributed by atoms with E-state index in [0.29, 0.717) is 11.1 Å². The second kappa shape index (κ2) is 6.87. The molecule has 0 unspecified atom stereocenters. The summed E-state index contributed by atoms with van der Waals surface area (Å²) < 4.78 is 0. The molecule has 1 radical (unpaired) electrons. The number of nitriles is 2. The van der Waals surface area contributed by atoms with Crippen LogP contribution in [0.1, 0.15) is 11.1 Å². The summed E-state index contributed by atoms with van der Waals surface area (Å²) in [5.41, 5.74) is 1.05. The summed E-state index contributed by atoms with van der Waals surface area (Å²) in [6.45, 7) is 0. The Bertz CT molecular complexity index is 311. The first-order chi connectivity index (χ1) is 6.28.